The van der Waals surface area contributed by atoms with Crippen LogP contribution in [0, 0.1) is 6.92 Å². The molecule has 0 saturated carbocycles. The van der Waals surface area contributed by atoms with Crippen molar-refractivity contribution in [3.05, 3.63) is 195 Å². The second kappa shape index (κ2) is 16.4. The maximum absolute atomic E-state index is 13.9. The number of hydrogen-bond donors (Lipinski definition) is 1. The molecule has 0 atom stereocenters. The summed E-state index contributed by atoms with van der Waals surface area (Å²) < 4.78 is 2.39. The number of hydrogen-bond acceptors (Lipinski definition) is 3. The normalized spacial score (nSPS) is 17.5. The molecular weight excluding hydrogens is 805 g/mol. The van der Waals surface area contributed by atoms with Gasteiger partial charge in [0.15, 0.2) is 5.71 Å². The fourth-order valence-corrected chi connectivity index (χ4v) is 11.4. The number of aryl methyl sites for hydroxylation is 1. The molecular formula is C62H63N2O2+. The third kappa shape index (κ3) is 7.03. The van der Waals surface area contributed by atoms with Crippen LogP contribution >= 0.6 is 0 Å². The number of nitrogens with zero attached hydrogens (tertiary/aromatic N) is 2. The van der Waals surface area contributed by atoms with Crippen LogP contribution < -0.4 is 4.90 Å². The van der Waals surface area contributed by atoms with Gasteiger partial charge in [-0.05, 0) is 126 Å². The van der Waals surface area contributed by atoms with Crippen molar-refractivity contribution in [2.45, 2.75) is 110 Å². The molecule has 66 heavy (non-hydrogen) atoms. The van der Waals surface area contributed by atoms with Crippen LogP contribution in [0.1, 0.15) is 126 Å². The number of aliphatic hydroxyl groups is 1. The first kappa shape index (κ1) is 43.4. The topological polar surface area (TPSA) is 43.5 Å². The van der Waals surface area contributed by atoms with E-state index in [2.05, 4.69) is 192 Å². The smallest absolute Gasteiger partial charge is 0.209 e. The Bertz CT molecular complexity index is 2970. The van der Waals surface area contributed by atoms with E-state index < -0.39 is 0 Å². The summed E-state index contributed by atoms with van der Waals surface area (Å²) in [5, 5.41) is 11.5. The number of carbonyl (C=O) groups excluding carboxylic acids is 1. The molecule has 4 heteroatoms. The summed E-state index contributed by atoms with van der Waals surface area (Å²) in [6.07, 6.45) is 13.0. The van der Waals surface area contributed by atoms with Crippen molar-refractivity contribution in [3.63, 3.8) is 0 Å². The van der Waals surface area contributed by atoms with Crippen LogP contribution in [0.3, 0.4) is 0 Å². The quantitative estimate of drug-likeness (QED) is 0.0714. The molecule has 332 valence electrons. The molecule has 0 amide bonds. The van der Waals surface area contributed by atoms with Crippen molar-refractivity contribution in [3.8, 4) is 22.3 Å². The van der Waals surface area contributed by atoms with E-state index in [1.165, 1.54) is 93.4 Å². The predicted molar refractivity (Wildman–Crippen MR) is 275 cm³/mol. The van der Waals surface area contributed by atoms with Crippen molar-refractivity contribution in [2.75, 3.05) is 11.4 Å². The second-order valence-electron chi connectivity index (χ2n) is 20.7. The van der Waals surface area contributed by atoms with Crippen LogP contribution in [0.4, 0.5) is 22.7 Å². The summed E-state index contributed by atoms with van der Waals surface area (Å²) >= 11 is 0. The van der Waals surface area contributed by atoms with Crippen molar-refractivity contribution < 1.29 is 14.5 Å². The van der Waals surface area contributed by atoms with Gasteiger partial charge in [-0.25, -0.2) is 0 Å². The summed E-state index contributed by atoms with van der Waals surface area (Å²) in [5.41, 5.74) is 19.7. The van der Waals surface area contributed by atoms with Crippen LogP contribution in [0.15, 0.2) is 156 Å². The van der Waals surface area contributed by atoms with Gasteiger partial charge in [-0.3, -0.25) is 4.79 Å². The van der Waals surface area contributed by atoms with Gasteiger partial charge in [-0.15, -0.1) is 0 Å². The maximum atomic E-state index is 13.9. The number of unbranched alkanes of at least 4 members (excludes halogenated alkanes) is 5. The van der Waals surface area contributed by atoms with E-state index >= 15 is 0 Å². The number of anilines is 3. The molecule has 1 N–H and O–H groups in total. The van der Waals surface area contributed by atoms with E-state index in [-0.39, 0.29) is 27.8 Å². The summed E-state index contributed by atoms with van der Waals surface area (Å²) in [6, 6.07) is 46.7. The van der Waals surface area contributed by atoms with Gasteiger partial charge < -0.3 is 10.0 Å². The first-order valence-corrected chi connectivity index (χ1v) is 24.2. The van der Waals surface area contributed by atoms with Gasteiger partial charge in [-0.2, -0.15) is 4.58 Å². The van der Waals surface area contributed by atoms with E-state index in [1.807, 2.05) is 12.2 Å². The molecule has 10 rings (SSSR count). The first-order chi connectivity index (χ1) is 31.7. The zero-order valence-electron chi connectivity index (χ0n) is 40.1. The molecule has 1 heterocycles. The summed E-state index contributed by atoms with van der Waals surface area (Å²) in [7, 11) is 0. The lowest BCUT2D eigenvalue weighted by atomic mass is 9.78. The first-order valence-electron chi connectivity index (χ1n) is 24.2. The third-order valence-electron chi connectivity index (χ3n) is 15.3. The van der Waals surface area contributed by atoms with Crippen molar-refractivity contribution in [1.82, 2.24) is 0 Å². The number of aliphatic hydroxyl groups excluding tert-OH is 1. The third-order valence-corrected chi connectivity index (χ3v) is 15.3. The monoisotopic (exact) mass is 867 g/mol. The minimum absolute atomic E-state index is 0.0670. The van der Waals surface area contributed by atoms with Crippen molar-refractivity contribution in [1.29, 1.82) is 0 Å². The Morgan fingerprint density at radius 2 is 1.11 bits per heavy atom. The van der Waals surface area contributed by atoms with Crippen LogP contribution in [0.2, 0.25) is 0 Å². The number of benzene rings is 6. The number of rotatable bonds is 13. The molecule has 6 aromatic carbocycles. The lowest BCUT2D eigenvalue weighted by Gasteiger charge is -2.29. The van der Waals surface area contributed by atoms with E-state index in [4.69, 9.17) is 0 Å². The summed E-state index contributed by atoms with van der Waals surface area (Å²) in [4.78, 5) is 16.2. The zero-order chi connectivity index (χ0) is 46.1. The lowest BCUT2D eigenvalue weighted by molar-refractivity contribution is -0.438. The fraction of sp³-hybridized carbons (Fsp3) is 0.290. The standard InChI is InChI=1S/C62H62N2O2/c1-9-10-11-12-13-18-35-63-56-34-23-40(2)36-55(56)62(7,8)57(63)39-50-58(65)49(59(50)66)31-26-41-24-27-42(28-25-41)64(43-29-32-47-45-19-14-16-21-51(45)60(3,4)53(47)37-43)44-30-33-48-46-20-15-17-22-52(46)61(5,6)54(48)38-44/h14-17,19-34,36-39H,9-13,18,35H2,1-8H3/p+1. The van der Waals surface area contributed by atoms with Crippen LogP contribution in [0.5, 0.6) is 0 Å². The number of carbonyl (C=O) groups is 1. The van der Waals surface area contributed by atoms with Gasteiger partial charge >= 0.3 is 0 Å². The Morgan fingerprint density at radius 1 is 0.561 bits per heavy atom. The van der Waals surface area contributed by atoms with E-state index in [0.29, 0.717) is 11.1 Å². The highest BCUT2D eigenvalue weighted by atomic mass is 16.3. The van der Waals surface area contributed by atoms with E-state index in [9.17, 15) is 9.90 Å². The van der Waals surface area contributed by atoms with Gasteiger partial charge in [0.25, 0.3) is 0 Å². The Morgan fingerprint density at radius 3 is 1.70 bits per heavy atom. The van der Waals surface area contributed by atoms with Gasteiger partial charge in [0, 0.05) is 52.0 Å². The molecule has 4 aliphatic rings. The van der Waals surface area contributed by atoms with E-state index in [0.717, 1.165) is 41.3 Å². The van der Waals surface area contributed by atoms with Gasteiger partial charge in [0.05, 0.1) is 16.6 Å². The maximum Gasteiger partial charge on any atom is 0.209 e. The minimum atomic E-state index is -0.305. The van der Waals surface area contributed by atoms with Crippen molar-refractivity contribution >= 4 is 40.3 Å². The van der Waals surface area contributed by atoms with E-state index in [1.54, 1.807) is 6.08 Å². The zero-order valence-corrected chi connectivity index (χ0v) is 40.1. The van der Waals surface area contributed by atoms with Crippen LogP contribution in [-0.4, -0.2) is 27.7 Å². The van der Waals surface area contributed by atoms with Gasteiger partial charge in [0.1, 0.15) is 12.3 Å². The Hall–Kier alpha value is -6.52. The number of Topliss-reactive ketones (excluding diaryl/α,β-unsaturated/α-hetero) is 1. The Kier molecular flexibility index (Phi) is 10.8. The highest BCUT2D eigenvalue weighted by Gasteiger charge is 2.46. The van der Waals surface area contributed by atoms with Gasteiger partial charge in [-0.1, -0.05) is 151 Å². The highest BCUT2D eigenvalue weighted by molar-refractivity contribution is 6.24. The largest absolute Gasteiger partial charge is 0.506 e. The molecule has 0 saturated heterocycles. The van der Waals surface area contributed by atoms with Crippen LogP contribution in [0.25, 0.3) is 28.3 Å². The fourth-order valence-electron chi connectivity index (χ4n) is 11.4. The predicted octanol–water partition coefficient (Wildman–Crippen LogP) is 15.8. The number of allylic oxidation sites excluding steroid dienone is 4. The Balaban J connectivity index is 0.964. The van der Waals surface area contributed by atoms with Gasteiger partial charge in [0.2, 0.25) is 11.5 Å². The molecule has 0 bridgehead atoms. The molecule has 6 aromatic rings. The number of ketones is 1. The molecule has 0 aromatic heterocycles. The average molecular weight is 868 g/mol. The molecule has 0 fully saturated rings. The molecule has 4 nitrogen and oxygen atoms in total. The SMILES string of the molecule is CCCCCCCC[N+]1=C(C=C2C(=O)C(/C=C/c3ccc(N(c4ccc5c(c4)C(C)(C)c4ccccc4-5)c4ccc5c(c4)C(C)(C)c4ccccc4-5)cc3)=C2O)C(C)(C)c2cc(C)ccc21. The molecule has 1 aliphatic heterocycles. The number of fused-ring (bicyclic) bond motifs is 7. The summed E-state index contributed by atoms with van der Waals surface area (Å²) in [5.74, 6) is -0.0535. The lowest BCUT2D eigenvalue weighted by Crippen LogP contribution is -2.31. The summed E-state index contributed by atoms with van der Waals surface area (Å²) in [6.45, 7) is 19.1. The Labute approximate surface area is 392 Å². The molecule has 3 aliphatic carbocycles. The van der Waals surface area contributed by atoms with Crippen molar-refractivity contribution in [2.24, 2.45) is 0 Å². The molecule has 0 unspecified atom stereocenters. The highest BCUT2D eigenvalue weighted by Crippen LogP contribution is 2.53. The van der Waals surface area contributed by atoms with Crippen LogP contribution in [-0.2, 0) is 21.0 Å². The molecule has 0 spiro atoms. The molecule has 0 radical (unpaired) electrons. The minimum Gasteiger partial charge on any atom is -0.506 e. The second-order valence-corrected chi connectivity index (χ2v) is 20.7. The average Bonchev–Trinajstić information content (AvgIpc) is 3.78.